The number of ether oxygens (including phenoxy) is 2. The van der Waals surface area contributed by atoms with Crippen molar-refractivity contribution in [1.82, 2.24) is 14.5 Å². The fourth-order valence-electron chi connectivity index (χ4n) is 3.82. The molecular weight excluding hydrogens is 430 g/mol. The average Bonchev–Trinajstić information content (AvgIpc) is 3.38. The monoisotopic (exact) mass is 451 g/mol. The van der Waals surface area contributed by atoms with E-state index < -0.39 is 0 Å². The predicted octanol–water partition coefficient (Wildman–Crippen LogP) is 4.92. The van der Waals surface area contributed by atoms with Crippen molar-refractivity contribution in [3.05, 3.63) is 65.1 Å². The van der Waals surface area contributed by atoms with Crippen LogP contribution in [0.3, 0.4) is 0 Å². The van der Waals surface area contributed by atoms with E-state index in [0.29, 0.717) is 18.9 Å². The summed E-state index contributed by atoms with van der Waals surface area (Å²) in [5.41, 5.74) is 2.74. The van der Waals surface area contributed by atoms with Gasteiger partial charge in [0.05, 0.1) is 12.3 Å². The van der Waals surface area contributed by atoms with Crippen LogP contribution in [0, 0.1) is 13.8 Å². The maximum Gasteiger partial charge on any atom is 0.174 e. The third kappa shape index (κ3) is 3.93. The summed E-state index contributed by atoms with van der Waals surface area (Å²) in [5, 5.41) is 3.85. The third-order valence-electron chi connectivity index (χ3n) is 5.39. The summed E-state index contributed by atoms with van der Waals surface area (Å²) < 4.78 is 14.1. The number of hydrogen-bond acceptors (Lipinski definition) is 7. The lowest BCUT2D eigenvalue weighted by Crippen LogP contribution is -2.33. The number of aromatic nitrogens is 3. The second-order valence-corrected chi connectivity index (χ2v) is 9.28. The molecule has 0 saturated carbocycles. The van der Waals surface area contributed by atoms with Crippen LogP contribution in [0.2, 0.25) is 0 Å². The van der Waals surface area contributed by atoms with E-state index >= 15 is 0 Å². The number of thiophene rings is 1. The largest absolute Gasteiger partial charge is 0.486 e. The van der Waals surface area contributed by atoms with E-state index in [-0.39, 0.29) is 11.9 Å². The average molecular weight is 452 g/mol. The van der Waals surface area contributed by atoms with E-state index in [0.717, 1.165) is 43.7 Å². The zero-order chi connectivity index (χ0) is 21.4. The number of Topliss-reactive ketones (excluding diaryl/α,β-unsaturated/α-hetero) is 1. The smallest absolute Gasteiger partial charge is 0.174 e. The highest BCUT2D eigenvalue weighted by molar-refractivity contribution is 8.00. The molecule has 0 bridgehead atoms. The second kappa shape index (κ2) is 8.36. The first kappa shape index (κ1) is 20.1. The molecule has 5 rings (SSSR count). The minimum absolute atomic E-state index is 0.0949. The molecule has 31 heavy (non-hydrogen) atoms. The van der Waals surface area contributed by atoms with Gasteiger partial charge in [0.1, 0.15) is 22.8 Å². The number of aryl methyl sites for hydroxylation is 1. The molecule has 0 fully saturated rings. The molecule has 0 spiro atoms. The number of carbonyl (C=O) groups is 1. The molecule has 4 heterocycles. The second-order valence-electron chi connectivity index (χ2n) is 7.42. The van der Waals surface area contributed by atoms with Gasteiger partial charge in [0.15, 0.2) is 23.4 Å². The third-order valence-corrected chi connectivity index (χ3v) is 7.22. The first-order valence-corrected chi connectivity index (χ1v) is 11.9. The molecule has 6 nitrogen and oxygen atoms in total. The Labute approximate surface area is 188 Å². The molecule has 0 saturated heterocycles. The van der Waals surface area contributed by atoms with Crippen molar-refractivity contribution in [1.29, 1.82) is 0 Å². The number of rotatable bonds is 6. The van der Waals surface area contributed by atoms with Gasteiger partial charge in [0, 0.05) is 22.3 Å². The van der Waals surface area contributed by atoms with Gasteiger partial charge in [0.2, 0.25) is 0 Å². The Hall–Kier alpha value is -2.84. The van der Waals surface area contributed by atoms with Gasteiger partial charge in [-0.05, 0) is 43.5 Å². The van der Waals surface area contributed by atoms with Crippen LogP contribution in [0.25, 0.3) is 10.2 Å². The van der Waals surface area contributed by atoms with Crippen molar-refractivity contribution in [2.75, 3.05) is 12.4 Å². The minimum Gasteiger partial charge on any atom is -0.486 e. The molecule has 3 aromatic heterocycles. The molecule has 0 N–H and O–H groups in total. The van der Waals surface area contributed by atoms with Crippen molar-refractivity contribution >= 4 is 39.1 Å². The number of para-hydroxylation sites is 2. The summed E-state index contributed by atoms with van der Waals surface area (Å²) in [7, 11) is 0. The summed E-state index contributed by atoms with van der Waals surface area (Å²) >= 11 is 3.04. The number of fused-ring (bicyclic) bond motifs is 2. The van der Waals surface area contributed by atoms with Gasteiger partial charge in [0.25, 0.3) is 0 Å². The molecule has 158 valence electrons. The number of nitrogens with zero attached hydrogens (tertiary/aromatic N) is 3. The van der Waals surface area contributed by atoms with Crippen LogP contribution in [0.4, 0.5) is 0 Å². The molecule has 0 amide bonds. The summed E-state index contributed by atoms with van der Waals surface area (Å²) in [5.74, 6) is 1.97. The topological polar surface area (TPSA) is 66.2 Å². The van der Waals surface area contributed by atoms with Gasteiger partial charge in [-0.15, -0.1) is 11.3 Å². The Bertz CT molecular complexity index is 1260. The molecule has 0 aliphatic carbocycles. The Kier molecular flexibility index (Phi) is 5.41. The Morgan fingerprint density at radius 2 is 2.06 bits per heavy atom. The Balaban J connectivity index is 1.29. The van der Waals surface area contributed by atoms with Gasteiger partial charge in [-0.25, -0.2) is 9.97 Å². The summed E-state index contributed by atoms with van der Waals surface area (Å²) in [6, 6.07) is 11.7. The predicted molar refractivity (Wildman–Crippen MR) is 123 cm³/mol. The zero-order valence-electron chi connectivity index (χ0n) is 17.2. The van der Waals surface area contributed by atoms with Gasteiger partial charge in [-0.3, -0.25) is 4.79 Å². The Morgan fingerprint density at radius 3 is 2.94 bits per heavy atom. The SMILES string of the molecule is Cc1cc(C(=O)CSc2ncnc3sccc23)c(C)n1CC1COc2ccccc2O1. The van der Waals surface area contributed by atoms with Crippen molar-refractivity contribution in [3.63, 3.8) is 0 Å². The van der Waals surface area contributed by atoms with E-state index in [1.165, 1.54) is 11.8 Å². The van der Waals surface area contributed by atoms with Crippen LogP contribution in [-0.4, -0.2) is 38.8 Å². The number of benzene rings is 1. The summed E-state index contributed by atoms with van der Waals surface area (Å²) in [6.45, 7) is 5.13. The first-order valence-electron chi connectivity index (χ1n) is 9.99. The van der Waals surface area contributed by atoms with Crippen molar-refractivity contribution in [2.45, 2.75) is 31.5 Å². The van der Waals surface area contributed by atoms with Gasteiger partial charge >= 0.3 is 0 Å². The highest BCUT2D eigenvalue weighted by Gasteiger charge is 2.24. The number of carbonyl (C=O) groups excluding carboxylic acids is 1. The van der Waals surface area contributed by atoms with E-state index in [1.807, 2.05) is 55.6 Å². The van der Waals surface area contributed by atoms with Crippen LogP contribution in [-0.2, 0) is 6.54 Å². The molecule has 1 aliphatic rings. The number of thioether (sulfide) groups is 1. The highest BCUT2D eigenvalue weighted by Crippen LogP contribution is 2.32. The van der Waals surface area contributed by atoms with Crippen LogP contribution >= 0.6 is 23.1 Å². The quantitative estimate of drug-likeness (QED) is 0.235. The normalized spacial score (nSPS) is 15.4. The van der Waals surface area contributed by atoms with E-state index in [1.54, 1.807) is 17.7 Å². The first-order chi connectivity index (χ1) is 15.1. The van der Waals surface area contributed by atoms with Gasteiger partial charge in [-0.2, -0.15) is 0 Å². The molecular formula is C23H21N3O3S2. The van der Waals surface area contributed by atoms with Crippen LogP contribution in [0.1, 0.15) is 21.7 Å². The number of hydrogen-bond donors (Lipinski definition) is 0. The van der Waals surface area contributed by atoms with E-state index in [9.17, 15) is 4.79 Å². The highest BCUT2D eigenvalue weighted by atomic mass is 32.2. The summed E-state index contributed by atoms with van der Waals surface area (Å²) in [4.78, 5) is 22.6. The Morgan fingerprint density at radius 1 is 1.23 bits per heavy atom. The van der Waals surface area contributed by atoms with Crippen molar-refractivity contribution in [2.24, 2.45) is 0 Å². The number of ketones is 1. The standard InChI is InChI=1S/C23H21N3O3S2/c1-14-9-18(19(27)12-31-23-17-7-8-30-22(17)24-13-25-23)15(2)26(14)10-16-11-28-20-5-3-4-6-21(20)29-16/h3-9,13,16H,10-12H2,1-2H3. The van der Waals surface area contributed by atoms with Gasteiger partial charge in [-0.1, -0.05) is 23.9 Å². The van der Waals surface area contributed by atoms with Crippen LogP contribution in [0.5, 0.6) is 11.5 Å². The maximum atomic E-state index is 13.0. The van der Waals surface area contributed by atoms with E-state index in [2.05, 4.69) is 14.5 Å². The molecule has 1 atom stereocenters. The zero-order valence-corrected chi connectivity index (χ0v) is 18.8. The lowest BCUT2D eigenvalue weighted by Gasteiger charge is -2.27. The van der Waals surface area contributed by atoms with Crippen molar-refractivity contribution in [3.8, 4) is 11.5 Å². The van der Waals surface area contributed by atoms with Crippen LogP contribution < -0.4 is 9.47 Å². The molecule has 8 heteroatoms. The molecule has 0 radical (unpaired) electrons. The van der Waals surface area contributed by atoms with Crippen LogP contribution in [0.15, 0.2) is 53.1 Å². The maximum absolute atomic E-state index is 13.0. The molecule has 1 aliphatic heterocycles. The molecule has 4 aromatic rings. The van der Waals surface area contributed by atoms with E-state index in [4.69, 9.17) is 9.47 Å². The molecule has 1 unspecified atom stereocenters. The lowest BCUT2D eigenvalue weighted by molar-refractivity contribution is 0.0777. The summed E-state index contributed by atoms with van der Waals surface area (Å²) in [6.07, 6.45) is 1.45. The lowest BCUT2D eigenvalue weighted by atomic mass is 10.2. The fourth-order valence-corrected chi connectivity index (χ4v) is 5.48. The fraction of sp³-hybridized carbons (Fsp3) is 0.261. The minimum atomic E-state index is -0.107. The van der Waals surface area contributed by atoms with Crippen molar-refractivity contribution < 1.29 is 14.3 Å². The van der Waals surface area contributed by atoms with Gasteiger partial charge < -0.3 is 14.0 Å². The molecule has 1 aromatic carbocycles.